The number of aryl methyl sites for hydroxylation is 1. The van der Waals surface area contributed by atoms with Gasteiger partial charge in [-0.1, -0.05) is 15.9 Å². The number of nitrogens with two attached hydrogens (primary N) is 1. The second-order valence-electron chi connectivity index (χ2n) is 4.64. The van der Waals surface area contributed by atoms with Gasteiger partial charge in [-0.15, -0.1) is 0 Å². The molecule has 2 aromatic carbocycles. The van der Waals surface area contributed by atoms with Gasteiger partial charge in [0.2, 0.25) is 0 Å². The average Bonchev–Trinajstić information content (AvgIpc) is 2.77. The maximum Gasteiger partial charge on any atom is 0.255 e. The summed E-state index contributed by atoms with van der Waals surface area (Å²) in [5, 5.41) is 2.82. The number of carbonyl (C=O) groups excluding carboxylic acids is 1. The van der Waals surface area contributed by atoms with Crippen LogP contribution in [-0.4, -0.2) is 10.9 Å². The zero-order chi connectivity index (χ0) is 15.0. The molecule has 1 aromatic heterocycles. The lowest BCUT2D eigenvalue weighted by Crippen LogP contribution is -2.12. The number of anilines is 2. The van der Waals surface area contributed by atoms with E-state index in [0.29, 0.717) is 33.9 Å². The Hall–Kier alpha value is -2.34. The molecule has 0 unspecified atom stereocenters. The summed E-state index contributed by atoms with van der Waals surface area (Å²) in [5.74, 6) is 0.357. The van der Waals surface area contributed by atoms with E-state index < -0.39 is 0 Å². The monoisotopic (exact) mass is 345 g/mol. The number of nitrogens with zero attached hydrogens (tertiary/aromatic N) is 1. The van der Waals surface area contributed by atoms with Gasteiger partial charge < -0.3 is 15.5 Å². The summed E-state index contributed by atoms with van der Waals surface area (Å²) in [6.45, 7) is 1.78. The number of hydrogen-bond acceptors (Lipinski definition) is 4. The van der Waals surface area contributed by atoms with E-state index in [1.165, 1.54) is 0 Å². The third-order valence-electron chi connectivity index (χ3n) is 2.93. The van der Waals surface area contributed by atoms with Crippen LogP contribution in [0.1, 0.15) is 16.2 Å². The Morgan fingerprint density at radius 2 is 2.10 bits per heavy atom. The van der Waals surface area contributed by atoms with Crippen LogP contribution in [0.5, 0.6) is 0 Å². The summed E-state index contributed by atoms with van der Waals surface area (Å²) in [5.41, 5.74) is 8.80. The number of benzene rings is 2. The minimum atomic E-state index is -0.234. The van der Waals surface area contributed by atoms with Gasteiger partial charge in [-0.05, 0) is 36.4 Å². The molecule has 1 heterocycles. The van der Waals surface area contributed by atoms with E-state index in [4.69, 9.17) is 10.2 Å². The minimum absolute atomic E-state index is 0.234. The average molecular weight is 346 g/mol. The number of hydrogen-bond donors (Lipinski definition) is 2. The van der Waals surface area contributed by atoms with Gasteiger partial charge in [0.25, 0.3) is 5.91 Å². The molecule has 3 N–H and O–H groups in total. The van der Waals surface area contributed by atoms with Crippen LogP contribution in [0.4, 0.5) is 11.4 Å². The van der Waals surface area contributed by atoms with Crippen molar-refractivity contribution >= 4 is 44.3 Å². The van der Waals surface area contributed by atoms with E-state index >= 15 is 0 Å². The second kappa shape index (κ2) is 5.21. The Labute approximate surface area is 129 Å². The summed E-state index contributed by atoms with van der Waals surface area (Å²) in [6.07, 6.45) is 0. The van der Waals surface area contributed by atoms with E-state index in [0.717, 1.165) is 4.47 Å². The molecular weight excluding hydrogens is 334 g/mol. The Bertz CT molecular complexity index is 822. The zero-order valence-corrected chi connectivity index (χ0v) is 12.8. The summed E-state index contributed by atoms with van der Waals surface area (Å²) >= 11 is 3.32. The van der Waals surface area contributed by atoms with Gasteiger partial charge >= 0.3 is 0 Å². The van der Waals surface area contributed by atoms with Crippen molar-refractivity contribution in [1.29, 1.82) is 0 Å². The molecule has 5 nitrogen and oxygen atoms in total. The number of fused-ring (bicyclic) bond motifs is 1. The molecule has 0 fully saturated rings. The highest BCUT2D eigenvalue weighted by atomic mass is 79.9. The fraction of sp³-hybridized carbons (Fsp3) is 0.0667. The van der Waals surface area contributed by atoms with E-state index in [9.17, 15) is 4.79 Å². The topological polar surface area (TPSA) is 81.2 Å². The Kier molecular flexibility index (Phi) is 3.39. The van der Waals surface area contributed by atoms with Crippen molar-refractivity contribution in [2.75, 3.05) is 11.1 Å². The molecule has 0 aliphatic heterocycles. The Balaban J connectivity index is 1.88. The van der Waals surface area contributed by atoms with Crippen molar-refractivity contribution < 1.29 is 9.21 Å². The lowest BCUT2D eigenvalue weighted by Gasteiger charge is -2.06. The molecule has 106 valence electrons. The van der Waals surface area contributed by atoms with Crippen LogP contribution in [-0.2, 0) is 0 Å². The van der Waals surface area contributed by atoms with Crippen molar-refractivity contribution in [2.45, 2.75) is 6.92 Å². The molecule has 3 aromatic rings. The highest BCUT2D eigenvalue weighted by Gasteiger charge is 2.09. The van der Waals surface area contributed by atoms with Crippen LogP contribution in [0, 0.1) is 6.92 Å². The minimum Gasteiger partial charge on any atom is -0.441 e. The smallest absolute Gasteiger partial charge is 0.255 e. The van der Waals surface area contributed by atoms with Crippen LogP contribution in [0.15, 0.2) is 45.3 Å². The Morgan fingerprint density at radius 1 is 1.29 bits per heavy atom. The molecule has 1 amide bonds. The van der Waals surface area contributed by atoms with E-state index in [1.54, 1.807) is 43.3 Å². The maximum absolute atomic E-state index is 12.2. The quantitative estimate of drug-likeness (QED) is 0.693. The van der Waals surface area contributed by atoms with Crippen molar-refractivity contribution in [3.8, 4) is 0 Å². The number of aromatic nitrogens is 1. The highest BCUT2D eigenvalue weighted by molar-refractivity contribution is 9.10. The largest absolute Gasteiger partial charge is 0.441 e. The van der Waals surface area contributed by atoms with Crippen LogP contribution in [0.3, 0.4) is 0 Å². The van der Waals surface area contributed by atoms with E-state index in [2.05, 4.69) is 26.2 Å². The molecule has 0 aliphatic carbocycles. The predicted molar refractivity (Wildman–Crippen MR) is 85.3 cm³/mol. The molecule has 0 atom stereocenters. The van der Waals surface area contributed by atoms with Crippen LogP contribution >= 0.6 is 15.9 Å². The van der Waals surface area contributed by atoms with Gasteiger partial charge in [0.15, 0.2) is 11.5 Å². The predicted octanol–water partition coefficient (Wildman–Crippen LogP) is 3.73. The normalized spacial score (nSPS) is 10.8. The summed E-state index contributed by atoms with van der Waals surface area (Å²) in [6, 6.07) is 10.4. The molecule has 0 saturated heterocycles. The van der Waals surface area contributed by atoms with Crippen LogP contribution in [0.25, 0.3) is 11.1 Å². The molecule has 0 aliphatic rings. The molecule has 3 rings (SSSR count). The lowest BCUT2D eigenvalue weighted by molar-refractivity contribution is 0.102. The first kappa shape index (κ1) is 13.6. The lowest BCUT2D eigenvalue weighted by atomic mass is 10.2. The summed E-state index contributed by atoms with van der Waals surface area (Å²) in [7, 11) is 0. The fourth-order valence-corrected chi connectivity index (χ4v) is 2.58. The SMILES string of the molecule is Cc1nc2cc(NC(=O)c3cc(N)cc(Br)c3)ccc2o1. The Morgan fingerprint density at radius 3 is 2.86 bits per heavy atom. The molecule has 6 heteroatoms. The summed E-state index contributed by atoms with van der Waals surface area (Å²) in [4.78, 5) is 16.5. The van der Waals surface area contributed by atoms with Crippen molar-refractivity contribution in [3.05, 3.63) is 52.3 Å². The number of nitrogens with one attached hydrogen (secondary N) is 1. The van der Waals surface area contributed by atoms with Gasteiger partial charge in [-0.3, -0.25) is 4.79 Å². The number of halogens is 1. The molecule has 0 saturated carbocycles. The molecule has 0 spiro atoms. The number of rotatable bonds is 2. The number of oxazole rings is 1. The van der Waals surface area contributed by atoms with Crippen LogP contribution < -0.4 is 11.1 Å². The van der Waals surface area contributed by atoms with Gasteiger partial charge in [-0.2, -0.15) is 0 Å². The third-order valence-corrected chi connectivity index (χ3v) is 3.39. The maximum atomic E-state index is 12.2. The first-order chi connectivity index (χ1) is 10.0. The van der Waals surface area contributed by atoms with Gasteiger partial charge in [0, 0.05) is 28.3 Å². The van der Waals surface area contributed by atoms with Gasteiger partial charge in [0.1, 0.15) is 5.52 Å². The first-order valence-electron chi connectivity index (χ1n) is 6.26. The second-order valence-corrected chi connectivity index (χ2v) is 5.56. The zero-order valence-electron chi connectivity index (χ0n) is 11.2. The standard InChI is InChI=1S/C15H12BrN3O2/c1-8-18-13-7-12(2-3-14(13)21-8)19-15(20)9-4-10(16)6-11(17)5-9/h2-7H,17H2,1H3,(H,19,20). The number of amides is 1. The number of carbonyl (C=O) groups is 1. The van der Waals surface area contributed by atoms with Gasteiger partial charge in [0.05, 0.1) is 0 Å². The van der Waals surface area contributed by atoms with E-state index in [1.807, 2.05) is 0 Å². The summed E-state index contributed by atoms with van der Waals surface area (Å²) < 4.78 is 6.16. The highest BCUT2D eigenvalue weighted by Crippen LogP contribution is 2.22. The van der Waals surface area contributed by atoms with Crippen molar-refractivity contribution in [3.63, 3.8) is 0 Å². The van der Waals surface area contributed by atoms with E-state index in [-0.39, 0.29) is 5.91 Å². The molecule has 0 radical (unpaired) electrons. The van der Waals surface area contributed by atoms with Gasteiger partial charge in [-0.25, -0.2) is 4.98 Å². The first-order valence-corrected chi connectivity index (χ1v) is 7.05. The third kappa shape index (κ3) is 2.90. The fourth-order valence-electron chi connectivity index (χ4n) is 2.07. The molecular formula is C15H12BrN3O2. The molecule has 0 bridgehead atoms. The molecule has 21 heavy (non-hydrogen) atoms. The van der Waals surface area contributed by atoms with Crippen molar-refractivity contribution in [2.24, 2.45) is 0 Å². The number of nitrogen functional groups attached to an aromatic ring is 1. The van der Waals surface area contributed by atoms with Crippen LogP contribution in [0.2, 0.25) is 0 Å². The van der Waals surface area contributed by atoms with Crippen molar-refractivity contribution in [1.82, 2.24) is 4.98 Å².